The highest BCUT2D eigenvalue weighted by Crippen LogP contribution is 2.41. The third kappa shape index (κ3) is 4.86. The molecule has 0 bridgehead atoms. The van der Waals surface area contributed by atoms with Gasteiger partial charge in [-0.1, -0.05) is 24.3 Å². The summed E-state index contributed by atoms with van der Waals surface area (Å²) in [6.07, 6.45) is 9.08. The normalized spacial score (nSPS) is 22.7. The molecule has 1 atom stereocenters. The zero-order chi connectivity index (χ0) is 28.8. The zero-order valence-corrected chi connectivity index (χ0v) is 25.3. The van der Waals surface area contributed by atoms with Crippen LogP contribution in [-0.4, -0.2) is 82.8 Å². The molecule has 0 spiro atoms. The summed E-state index contributed by atoms with van der Waals surface area (Å²) in [7, 11) is 0. The van der Waals surface area contributed by atoms with E-state index in [2.05, 4.69) is 57.8 Å². The minimum Gasteiger partial charge on any atom is -0.461 e. The van der Waals surface area contributed by atoms with Crippen molar-refractivity contribution in [3.05, 3.63) is 42.0 Å². The first kappa shape index (κ1) is 27.3. The first-order valence-corrected chi connectivity index (χ1v) is 16.3. The molecule has 9 nitrogen and oxygen atoms in total. The predicted octanol–water partition coefficient (Wildman–Crippen LogP) is 5.89. The van der Waals surface area contributed by atoms with E-state index in [4.69, 9.17) is 29.3 Å². The molecule has 6 heterocycles. The summed E-state index contributed by atoms with van der Waals surface area (Å²) >= 11 is 0. The highest BCUT2D eigenvalue weighted by Gasteiger charge is 2.45. The molecule has 2 aromatic heterocycles. The molecule has 1 unspecified atom stereocenters. The fourth-order valence-corrected chi connectivity index (χ4v) is 7.90. The van der Waals surface area contributed by atoms with Crippen LogP contribution in [0.4, 0.5) is 5.82 Å². The van der Waals surface area contributed by atoms with Crippen molar-refractivity contribution in [1.82, 2.24) is 24.6 Å². The van der Waals surface area contributed by atoms with Gasteiger partial charge in [-0.2, -0.15) is 15.1 Å². The number of aromatic nitrogens is 4. The number of ether oxygens (including phenoxy) is 3. The predicted molar refractivity (Wildman–Crippen MR) is 168 cm³/mol. The Hall–Kier alpha value is -3.27. The molecule has 0 aliphatic carbocycles. The molecule has 9 heteroatoms. The van der Waals surface area contributed by atoms with Crippen molar-refractivity contribution in [2.45, 2.75) is 70.1 Å². The smallest absolute Gasteiger partial charge is 0.319 e. The Morgan fingerprint density at radius 2 is 1.77 bits per heavy atom. The van der Waals surface area contributed by atoms with E-state index < -0.39 is 0 Å². The van der Waals surface area contributed by atoms with E-state index in [1.807, 2.05) is 0 Å². The van der Waals surface area contributed by atoms with Gasteiger partial charge < -0.3 is 19.1 Å². The number of aryl methyl sites for hydroxylation is 1. The lowest BCUT2D eigenvalue weighted by atomic mass is 9.95. The molecule has 0 saturated carbocycles. The Labute approximate surface area is 253 Å². The summed E-state index contributed by atoms with van der Waals surface area (Å²) in [5.41, 5.74) is 5.34. The van der Waals surface area contributed by atoms with E-state index in [-0.39, 0.29) is 11.8 Å². The van der Waals surface area contributed by atoms with Crippen LogP contribution in [0, 0.1) is 6.92 Å². The fourth-order valence-electron chi connectivity index (χ4n) is 7.90. The maximum absolute atomic E-state index is 6.56. The minimum absolute atomic E-state index is 0.0301. The lowest BCUT2D eigenvalue weighted by molar-refractivity contribution is -0.0365. The fraction of sp³-hybridized carbons (Fsp3) is 0.559. The number of nitrogens with zero attached hydrogens (tertiary/aromatic N) is 6. The summed E-state index contributed by atoms with van der Waals surface area (Å²) in [6.45, 7) is 9.15. The van der Waals surface area contributed by atoms with Gasteiger partial charge in [0.15, 0.2) is 6.23 Å². The van der Waals surface area contributed by atoms with Crippen molar-refractivity contribution < 1.29 is 14.2 Å². The van der Waals surface area contributed by atoms with Gasteiger partial charge in [-0.15, -0.1) is 0 Å². The minimum atomic E-state index is -0.0301. The quantitative estimate of drug-likeness (QED) is 0.279. The summed E-state index contributed by atoms with van der Waals surface area (Å²) in [5.74, 6) is 0.943. The average molecular weight is 583 g/mol. The van der Waals surface area contributed by atoms with Crippen LogP contribution < -0.4 is 9.64 Å². The molecule has 4 aromatic rings. The summed E-state index contributed by atoms with van der Waals surface area (Å²) in [6, 6.07) is 13.4. The van der Waals surface area contributed by atoms with Crippen molar-refractivity contribution >= 4 is 27.6 Å². The van der Waals surface area contributed by atoms with Crippen LogP contribution in [0.3, 0.4) is 0 Å². The van der Waals surface area contributed by atoms with Crippen LogP contribution >= 0.6 is 0 Å². The molecule has 2 aromatic carbocycles. The summed E-state index contributed by atoms with van der Waals surface area (Å²) < 4.78 is 20.6. The van der Waals surface area contributed by atoms with Gasteiger partial charge in [0, 0.05) is 42.6 Å². The van der Waals surface area contributed by atoms with Crippen molar-refractivity contribution in [2.75, 3.05) is 57.5 Å². The van der Waals surface area contributed by atoms with Gasteiger partial charge in [-0.25, -0.2) is 4.68 Å². The molecule has 0 radical (unpaired) electrons. The van der Waals surface area contributed by atoms with Crippen LogP contribution in [-0.2, 0) is 9.47 Å². The second kappa shape index (κ2) is 11.3. The van der Waals surface area contributed by atoms with Gasteiger partial charge >= 0.3 is 6.01 Å². The van der Waals surface area contributed by atoms with Crippen LogP contribution in [0.5, 0.6) is 6.01 Å². The van der Waals surface area contributed by atoms with Crippen LogP contribution in [0.25, 0.3) is 33.1 Å². The van der Waals surface area contributed by atoms with Gasteiger partial charge in [-0.3, -0.25) is 4.90 Å². The molecular weight excluding hydrogens is 540 g/mol. The SMILES string of the molecule is Cc1c(-c2nn(C3CCCCO3)c3ccccc23)ccc2c(N3CCCOCC3)nc(OCC34CCCN3CCC4)nc12. The Kier molecular flexibility index (Phi) is 7.20. The van der Waals surface area contributed by atoms with Gasteiger partial charge in [0.1, 0.15) is 18.1 Å². The lowest BCUT2D eigenvalue weighted by Gasteiger charge is -2.31. The highest BCUT2D eigenvalue weighted by molar-refractivity contribution is 6.00. The highest BCUT2D eigenvalue weighted by atomic mass is 16.5. The van der Waals surface area contributed by atoms with E-state index in [0.717, 1.165) is 96.4 Å². The monoisotopic (exact) mass is 582 g/mol. The van der Waals surface area contributed by atoms with Crippen molar-refractivity contribution in [3.8, 4) is 17.3 Å². The Morgan fingerprint density at radius 3 is 2.63 bits per heavy atom. The van der Waals surface area contributed by atoms with Gasteiger partial charge in [0.05, 0.1) is 23.2 Å². The maximum Gasteiger partial charge on any atom is 0.319 e. The number of benzene rings is 2. The number of para-hydroxylation sites is 1. The molecule has 4 fully saturated rings. The van der Waals surface area contributed by atoms with E-state index in [9.17, 15) is 0 Å². The van der Waals surface area contributed by atoms with Crippen molar-refractivity contribution in [3.63, 3.8) is 0 Å². The molecule has 226 valence electrons. The number of fused-ring (bicyclic) bond motifs is 3. The summed E-state index contributed by atoms with van der Waals surface area (Å²) in [4.78, 5) is 15.2. The Balaban J connectivity index is 1.23. The first-order valence-electron chi connectivity index (χ1n) is 16.3. The lowest BCUT2D eigenvalue weighted by Crippen LogP contribution is -2.43. The van der Waals surface area contributed by atoms with Crippen LogP contribution in [0.15, 0.2) is 36.4 Å². The van der Waals surface area contributed by atoms with E-state index in [1.54, 1.807) is 0 Å². The Bertz CT molecular complexity index is 1610. The third-order valence-corrected chi connectivity index (χ3v) is 10.2. The molecule has 4 aliphatic heterocycles. The topological polar surface area (TPSA) is 77.8 Å². The van der Waals surface area contributed by atoms with Crippen LogP contribution in [0.1, 0.15) is 63.2 Å². The number of hydrogen-bond acceptors (Lipinski definition) is 8. The third-order valence-electron chi connectivity index (χ3n) is 10.2. The van der Waals surface area contributed by atoms with Gasteiger partial charge in [-0.05, 0) is 89.1 Å². The molecule has 43 heavy (non-hydrogen) atoms. The molecular formula is C34H42N6O3. The average Bonchev–Trinajstić information content (AvgIpc) is 3.67. The summed E-state index contributed by atoms with van der Waals surface area (Å²) in [5, 5.41) is 7.39. The van der Waals surface area contributed by atoms with Crippen LogP contribution in [0.2, 0.25) is 0 Å². The van der Waals surface area contributed by atoms with Gasteiger partial charge in [0.2, 0.25) is 0 Å². The van der Waals surface area contributed by atoms with Gasteiger partial charge in [0.25, 0.3) is 0 Å². The molecule has 4 saturated heterocycles. The molecule has 0 N–H and O–H groups in total. The van der Waals surface area contributed by atoms with E-state index >= 15 is 0 Å². The number of hydrogen-bond donors (Lipinski definition) is 0. The Morgan fingerprint density at radius 1 is 0.884 bits per heavy atom. The largest absolute Gasteiger partial charge is 0.461 e. The molecule has 4 aliphatic rings. The van der Waals surface area contributed by atoms with Crippen molar-refractivity contribution in [1.29, 1.82) is 0 Å². The second-order valence-electron chi connectivity index (χ2n) is 12.8. The molecule has 8 rings (SSSR count). The number of anilines is 1. The van der Waals surface area contributed by atoms with E-state index in [1.165, 1.54) is 38.8 Å². The second-order valence-corrected chi connectivity index (χ2v) is 12.8. The maximum atomic E-state index is 6.56. The standard InChI is InChI=1S/C34H42N6O3/c1-24-25(31-26-9-2-3-10-28(26)40(37-31)29-11-4-5-21-42-29)12-13-27-30(24)35-33(36-32(27)38-16-8-20-41-22-19-38)43-23-34-14-6-17-39(34)18-7-15-34/h2-3,9-10,12-13,29H,4-8,11,14-23H2,1H3. The van der Waals surface area contributed by atoms with Crippen molar-refractivity contribution in [2.24, 2.45) is 0 Å². The number of rotatable bonds is 6. The molecule has 0 amide bonds. The first-order chi connectivity index (χ1) is 21.2. The zero-order valence-electron chi connectivity index (χ0n) is 25.3. The van der Waals surface area contributed by atoms with E-state index in [0.29, 0.717) is 19.2 Å².